The third-order valence-electron chi connectivity index (χ3n) is 1.56. The first-order valence-electron chi connectivity index (χ1n) is 4.19. The lowest BCUT2D eigenvalue weighted by atomic mass is 9.80. The smallest absolute Gasteiger partial charge is 0.423 e. The second kappa shape index (κ2) is 4.96. The number of rotatable bonds is 4. The Balaban J connectivity index is 2.48. The molecule has 12 heavy (non-hydrogen) atoms. The van der Waals surface area contributed by atoms with Gasteiger partial charge in [0.2, 0.25) is 0 Å². The van der Waals surface area contributed by atoms with Crippen LogP contribution in [0, 0.1) is 0 Å². The van der Waals surface area contributed by atoms with Gasteiger partial charge in [0.15, 0.2) is 0 Å². The van der Waals surface area contributed by atoms with Crippen LogP contribution >= 0.6 is 0 Å². The van der Waals surface area contributed by atoms with E-state index in [0.29, 0.717) is 6.61 Å². The van der Waals surface area contributed by atoms with E-state index in [-0.39, 0.29) is 0 Å². The molecule has 0 amide bonds. The zero-order valence-corrected chi connectivity index (χ0v) is 7.23. The first-order chi connectivity index (χ1) is 5.84. The average Bonchev–Trinajstić information content (AvgIpc) is 2.15. The Kier molecular flexibility index (Phi) is 3.84. The third-order valence-corrected chi connectivity index (χ3v) is 1.56. The minimum Gasteiger partial charge on any atom is -0.423 e. The average molecular weight is 164 g/mol. The molecule has 0 aliphatic carbocycles. The Hall–Kier alpha value is -0.795. The minimum atomic E-state index is -0.772. The summed E-state index contributed by atoms with van der Waals surface area (Å²) in [6.07, 6.45) is 0.921. The van der Waals surface area contributed by atoms with E-state index in [9.17, 15) is 5.02 Å². The summed E-state index contributed by atoms with van der Waals surface area (Å²) in [5.74, 6) is 0. The summed E-state index contributed by atoms with van der Waals surface area (Å²) in [6.45, 7) is 2.60. The predicted octanol–water partition coefficient (Wildman–Crippen LogP) is 0.801. The first-order valence-corrected chi connectivity index (χ1v) is 4.19. The van der Waals surface area contributed by atoms with Gasteiger partial charge in [-0.3, -0.25) is 0 Å². The van der Waals surface area contributed by atoms with Gasteiger partial charge >= 0.3 is 7.12 Å². The molecule has 0 saturated carbocycles. The van der Waals surface area contributed by atoms with Crippen molar-refractivity contribution in [2.45, 2.75) is 13.3 Å². The van der Waals surface area contributed by atoms with Crippen LogP contribution < -0.4 is 5.46 Å². The first kappa shape index (κ1) is 9.29. The molecule has 2 nitrogen and oxygen atoms in total. The second-order valence-electron chi connectivity index (χ2n) is 2.63. The molecule has 1 aromatic carbocycles. The number of hydrogen-bond donors (Lipinski definition) is 1. The van der Waals surface area contributed by atoms with Crippen molar-refractivity contribution < 1.29 is 9.68 Å². The second-order valence-corrected chi connectivity index (χ2v) is 2.63. The van der Waals surface area contributed by atoms with Crippen molar-refractivity contribution in [1.29, 1.82) is 0 Å². The molecule has 0 atom stereocenters. The zero-order valence-electron chi connectivity index (χ0n) is 7.23. The molecule has 0 heterocycles. The van der Waals surface area contributed by atoms with Crippen LogP contribution in [0.4, 0.5) is 0 Å². The van der Waals surface area contributed by atoms with Gasteiger partial charge < -0.3 is 9.68 Å². The van der Waals surface area contributed by atoms with Crippen LogP contribution in [0.5, 0.6) is 0 Å². The van der Waals surface area contributed by atoms with Crippen LogP contribution in [0.25, 0.3) is 0 Å². The predicted molar refractivity (Wildman–Crippen MR) is 50.3 cm³/mol. The highest BCUT2D eigenvalue weighted by Gasteiger charge is 2.14. The van der Waals surface area contributed by atoms with E-state index in [4.69, 9.17) is 4.65 Å². The van der Waals surface area contributed by atoms with Crippen molar-refractivity contribution >= 4 is 12.6 Å². The number of hydrogen-bond acceptors (Lipinski definition) is 2. The van der Waals surface area contributed by atoms with Crippen molar-refractivity contribution in [2.75, 3.05) is 6.61 Å². The van der Waals surface area contributed by atoms with Crippen molar-refractivity contribution in [3.63, 3.8) is 0 Å². The monoisotopic (exact) mass is 164 g/mol. The van der Waals surface area contributed by atoms with E-state index in [1.165, 1.54) is 0 Å². The minimum absolute atomic E-state index is 0.593. The topological polar surface area (TPSA) is 29.5 Å². The van der Waals surface area contributed by atoms with Crippen LogP contribution in [0.1, 0.15) is 13.3 Å². The summed E-state index contributed by atoms with van der Waals surface area (Å²) in [6, 6.07) is 9.37. The Morgan fingerprint density at radius 1 is 1.33 bits per heavy atom. The Morgan fingerprint density at radius 3 is 2.58 bits per heavy atom. The molecule has 0 saturated heterocycles. The van der Waals surface area contributed by atoms with Gasteiger partial charge in [0.25, 0.3) is 0 Å². The summed E-state index contributed by atoms with van der Waals surface area (Å²) in [5.41, 5.74) is 0.811. The standard InChI is InChI=1S/C9H13BO2/c1-2-8-12-10(11)9-6-4-3-5-7-9/h3-7,11H,2,8H2,1H3. The van der Waals surface area contributed by atoms with Crippen molar-refractivity contribution in [1.82, 2.24) is 0 Å². The summed E-state index contributed by atoms with van der Waals surface area (Å²) in [7, 11) is -0.772. The highest BCUT2D eigenvalue weighted by atomic mass is 16.5. The van der Waals surface area contributed by atoms with E-state index < -0.39 is 7.12 Å². The van der Waals surface area contributed by atoms with Crippen molar-refractivity contribution in [3.8, 4) is 0 Å². The summed E-state index contributed by atoms with van der Waals surface area (Å²) < 4.78 is 5.13. The van der Waals surface area contributed by atoms with Crippen molar-refractivity contribution in [3.05, 3.63) is 30.3 Å². The van der Waals surface area contributed by atoms with Crippen LogP contribution in [0.15, 0.2) is 30.3 Å². The highest BCUT2D eigenvalue weighted by molar-refractivity contribution is 6.59. The molecule has 0 spiro atoms. The largest absolute Gasteiger partial charge is 0.491 e. The van der Waals surface area contributed by atoms with Gasteiger partial charge in [-0.25, -0.2) is 0 Å². The summed E-state index contributed by atoms with van der Waals surface area (Å²) in [4.78, 5) is 0. The molecule has 0 unspecified atom stereocenters. The molecule has 0 bridgehead atoms. The Labute approximate surface area is 73.3 Å². The fourth-order valence-electron chi connectivity index (χ4n) is 0.943. The van der Waals surface area contributed by atoms with Gasteiger partial charge in [-0.2, -0.15) is 0 Å². The van der Waals surface area contributed by atoms with Gasteiger partial charge in [-0.15, -0.1) is 0 Å². The SMILES string of the molecule is CCCOB(O)c1ccccc1. The Bertz CT molecular complexity index is 213. The molecule has 3 heteroatoms. The molecule has 1 rings (SSSR count). The normalized spacial score (nSPS) is 9.83. The van der Waals surface area contributed by atoms with E-state index >= 15 is 0 Å². The lowest BCUT2D eigenvalue weighted by molar-refractivity contribution is 0.270. The maximum absolute atomic E-state index is 9.43. The van der Waals surface area contributed by atoms with Gasteiger partial charge in [0, 0.05) is 6.61 Å². The Morgan fingerprint density at radius 2 is 2.00 bits per heavy atom. The van der Waals surface area contributed by atoms with Gasteiger partial charge in [0.1, 0.15) is 0 Å². The fraction of sp³-hybridized carbons (Fsp3) is 0.333. The molecule has 0 aliphatic heterocycles. The van der Waals surface area contributed by atoms with Gasteiger partial charge in [0.05, 0.1) is 0 Å². The fourth-order valence-corrected chi connectivity index (χ4v) is 0.943. The van der Waals surface area contributed by atoms with Crippen LogP contribution in [-0.2, 0) is 4.65 Å². The van der Waals surface area contributed by atoms with Crippen molar-refractivity contribution in [2.24, 2.45) is 0 Å². The molecule has 1 aromatic rings. The zero-order chi connectivity index (χ0) is 8.81. The van der Waals surface area contributed by atoms with Crippen LogP contribution in [0.3, 0.4) is 0 Å². The highest BCUT2D eigenvalue weighted by Crippen LogP contribution is 1.89. The van der Waals surface area contributed by atoms with E-state index in [1.807, 2.05) is 37.3 Å². The third kappa shape index (κ3) is 2.68. The van der Waals surface area contributed by atoms with Gasteiger partial charge in [-0.05, 0) is 11.9 Å². The molecular weight excluding hydrogens is 151 g/mol. The van der Waals surface area contributed by atoms with Gasteiger partial charge in [-0.1, -0.05) is 37.3 Å². The van der Waals surface area contributed by atoms with E-state index in [1.54, 1.807) is 0 Å². The molecule has 0 fully saturated rings. The van der Waals surface area contributed by atoms with Crippen LogP contribution in [-0.4, -0.2) is 18.7 Å². The summed E-state index contributed by atoms with van der Waals surface area (Å²) in [5, 5.41) is 9.43. The van der Waals surface area contributed by atoms with Crippen LogP contribution in [0.2, 0.25) is 0 Å². The molecular formula is C9H13BO2. The maximum Gasteiger partial charge on any atom is 0.491 e. The van der Waals surface area contributed by atoms with E-state index in [2.05, 4.69) is 0 Å². The molecule has 0 aromatic heterocycles. The lowest BCUT2D eigenvalue weighted by Gasteiger charge is -2.05. The lowest BCUT2D eigenvalue weighted by Crippen LogP contribution is -2.33. The molecule has 0 radical (unpaired) electrons. The quantitative estimate of drug-likeness (QED) is 0.667. The summed E-state index contributed by atoms with van der Waals surface area (Å²) >= 11 is 0. The van der Waals surface area contributed by atoms with E-state index in [0.717, 1.165) is 11.9 Å². The number of benzene rings is 1. The molecule has 0 aliphatic rings. The molecule has 64 valence electrons. The molecule has 1 N–H and O–H groups in total. The maximum atomic E-state index is 9.43.